The molecule has 0 radical (unpaired) electrons. The number of likely N-dealkylation sites (N-methyl/N-ethyl adjacent to an activating group) is 1. The minimum atomic E-state index is -0.865. The second-order valence-corrected chi connectivity index (χ2v) is 9.98. The molecule has 3 fully saturated rings. The summed E-state index contributed by atoms with van der Waals surface area (Å²) in [6.45, 7) is 6.86. The number of nitrogens with one attached hydrogen (secondary N) is 2. The van der Waals surface area contributed by atoms with Crippen molar-refractivity contribution >= 4 is 23.5 Å². The van der Waals surface area contributed by atoms with E-state index in [4.69, 9.17) is 5.73 Å². The molecule has 4 N–H and O–H groups in total. The van der Waals surface area contributed by atoms with Gasteiger partial charge in [-0.25, -0.2) is 0 Å². The van der Waals surface area contributed by atoms with Gasteiger partial charge in [-0.1, -0.05) is 52.4 Å². The van der Waals surface area contributed by atoms with Crippen LogP contribution in [0.3, 0.4) is 0 Å². The summed E-state index contributed by atoms with van der Waals surface area (Å²) in [7, 11) is 0. The second-order valence-electron chi connectivity index (χ2n) is 9.98. The molecular weight excluding hydrogens is 396 g/mol. The van der Waals surface area contributed by atoms with Gasteiger partial charge in [0.15, 0.2) is 0 Å². The molecule has 3 aliphatic rings. The summed E-state index contributed by atoms with van der Waals surface area (Å²) in [4.78, 5) is 53.0. The first-order valence-corrected chi connectivity index (χ1v) is 11.9. The average Bonchev–Trinajstić information content (AvgIpc) is 3.06. The normalized spacial score (nSPS) is 33.9. The smallest absolute Gasteiger partial charge is 0.289 e. The maximum Gasteiger partial charge on any atom is 0.289 e. The van der Waals surface area contributed by atoms with Crippen molar-refractivity contribution in [2.75, 3.05) is 13.1 Å². The predicted molar refractivity (Wildman–Crippen MR) is 117 cm³/mol. The number of nitrogens with zero attached hydrogens (tertiary/aromatic N) is 1. The highest BCUT2D eigenvalue weighted by molar-refractivity contribution is 6.38. The monoisotopic (exact) mass is 434 g/mol. The van der Waals surface area contributed by atoms with Crippen molar-refractivity contribution in [3.8, 4) is 0 Å². The molecule has 0 spiro atoms. The molecule has 1 aliphatic carbocycles. The van der Waals surface area contributed by atoms with E-state index in [1.165, 1.54) is 0 Å². The van der Waals surface area contributed by atoms with Gasteiger partial charge in [-0.15, -0.1) is 0 Å². The number of ketones is 1. The molecule has 31 heavy (non-hydrogen) atoms. The summed E-state index contributed by atoms with van der Waals surface area (Å²) >= 11 is 0. The molecule has 0 aromatic heterocycles. The van der Waals surface area contributed by atoms with E-state index in [0.717, 1.165) is 38.5 Å². The highest BCUT2D eigenvalue weighted by atomic mass is 16.2. The Morgan fingerprint density at radius 3 is 2.35 bits per heavy atom. The van der Waals surface area contributed by atoms with Crippen LogP contribution < -0.4 is 16.4 Å². The van der Waals surface area contributed by atoms with Gasteiger partial charge in [0.25, 0.3) is 5.91 Å². The third-order valence-corrected chi connectivity index (χ3v) is 7.53. The van der Waals surface area contributed by atoms with E-state index in [9.17, 15) is 19.2 Å². The van der Waals surface area contributed by atoms with E-state index >= 15 is 0 Å². The lowest BCUT2D eigenvalue weighted by Crippen LogP contribution is -2.57. The first kappa shape index (κ1) is 23.7. The van der Waals surface area contributed by atoms with Gasteiger partial charge in [0.1, 0.15) is 6.04 Å². The molecule has 0 aromatic rings. The molecule has 2 saturated heterocycles. The highest BCUT2D eigenvalue weighted by Crippen LogP contribution is 2.64. The highest BCUT2D eigenvalue weighted by Gasteiger charge is 2.69. The molecule has 8 nitrogen and oxygen atoms in total. The lowest BCUT2D eigenvalue weighted by Gasteiger charge is -2.32. The van der Waals surface area contributed by atoms with Crippen molar-refractivity contribution in [1.82, 2.24) is 15.5 Å². The molecule has 0 unspecified atom stereocenters. The van der Waals surface area contributed by atoms with Gasteiger partial charge in [0.05, 0.1) is 12.1 Å². The van der Waals surface area contributed by atoms with Gasteiger partial charge in [-0.05, 0) is 37.0 Å². The minimum Gasteiger partial charge on any atom is -0.350 e. The number of hydrogen-bond donors (Lipinski definition) is 3. The third-order valence-electron chi connectivity index (χ3n) is 7.53. The molecule has 2 heterocycles. The molecule has 0 aromatic carbocycles. The Morgan fingerprint density at radius 2 is 1.71 bits per heavy atom. The van der Waals surface area contributed by atoms with Crippen LogP contribution in [0, 0.1) is 17.3 Å². The average molecular weight is 435 g/mol. The van der Waals surface area contributed by atoms with Gasteiger partial charge >= 0.3 is 0 Å². The number of carbonyl (C=O) groups is 4. The number of hydrogen-bond acceptors (Lipinski definition) is 5. The Labute approximate surface area is 185 Å². The molecule has 5 atom stereocenters. The van der Waals surface area contributed by atoms with Gasteiger partial charge in [-0.3, -0.25) is 19.2 Å². The lowest BCUT2D eigenvalue weighted by atomic mass is 9.98. The van der Waals surface area contributed by atoms with Crippen LogP contribution in [0.2, 0.25) is 0 Å². The second kappa shape index (κ2) is 9.67. The van der Waals surface area contributed by atoms with Gasteiger partial charge in [0.2, 0.25) is 17.6 Å². The predicted octanol–water partition coefficient (Wildman–Crippen LogP) is 1.12. The number of amides is 3. The summed E-state index contributed by atoms with van der Waals surface area (Å²) in [6.07, 6.45) is 6.74. The summed E-state index contributed by atoms with van der Waals surface area (Å²) < 4.78 is 0. The molecule has 8 heteroatoms. The summed E-state index contributed by atoms with van der Waals surface area (Å²) in [5, 5.41) is 5.38. The Hall–Kier alpha value is -1.96. The van der Waals surface area contributed by atoms with Crippen LogP contribution in [0.5, 0.6) is 0 Å². The Bertz CT molecular complexity index is 722. The number of rotatable bonds is 3. The Morgan fingerprint density at radius 1 is 1.10 bits per heavy atom. The van der Waals surface area contributed by atoms with Crippen molar-refractivity contribution in [1.29, 1.82) is 0 Å². The fourth-order valence-corrected chi connectivity index (χ4v) is 5.50. The van der Waals surface area contributed by atoms with Crippen molar-refractivity contribution < 1.29 is 19.2 Å². The number of fused-ring (bicyclic) bond motifs is 3. The summed E-state index contributed by atoms with van der Waals surface area (Å²) in [5.74, 6) is -1.48. The van der Waals surface area contributed by atoms with Crippen molar-refractivity contribution in [2.24, 2.45) is 23.0 Å². The maximum atomic E-state index is 13.4. The fraction of sp³-hybridized carbons (Fsp3) is 0.826. The molecule has 174 valence electrons. The van der Waals surface area contributed by atoms with Gasteiger partial charge in [0, 0.05) is 13.1 Å². The Balaban J connectivity index is 1.82. The number of piperidine rings is 1. The first-order valence-electron chi connectivity index (χ1n) is 11.9. The van der Waals surface area contributed by atoms with E-state index in [-0.39, 0.29) is 29.1 Å². The largest absolute Gasteiger partial charge is 0.350 e. The topological polar surface area (TPSA) is 122 Å². The SMILES string of the molecule is CCNC(=O)C(=O)[C@@H]1CCCCCCCC[C@H](N)C(=O)N2C[C@H]3[C@@H]([C@H]2C(=O)N1)C3(C)C. The molecule has 2 aliphatic heterocycles. The van der Waals surface area contributed by atoms with Crippen molar-refractivity contribution in [3.05, 3.63) is 0 Å². The zero-order chi connectivity index (χ0) is 22.8. The number of carbonyl (C=O) groups excluding carboxylic acids is 4. The Kier molecular flexibility index (Phi) is 7.39. The lowest BCUT2D eigenvalue weighted by molar-refractivity contribution is -0.143. The van der Waals surface area contributed by atoms with E-state index in [1.54, 1.807) is 11.8 Å². The van der Waals surface area contributed by atoms with Crippen LogP contribution >= 0.6 is 0 Å². The zero-order valence-corrected chi connectivity index (χ0v) is 19.1. The quantitative estimate of drug-likeness (QED) is 0.575. The number of nitrogens with two attached hydrogens (primary N) is 1. The van der Waals surface area contributed by atoms with Crippen molar-refractivity contribution in [2.45, 2.75) is 90.3 Å². The molecule has 3 amide bonds. The van der Waals surface area contributed by atoms with E-state index in [2.05, 4.69) is 24.5 Å². The molecule has 3 rings (SSSR count). The maximum absolute atomic E-state index is 13.4. The van der Waals surface area contributed by atoms with Crippen LogP contribution in [0.4, 0.5) is 0 Å². The molecule has 1 saturated carbocycles. The fourth-order valence-electron chi connectivity index (χ4n) is 5.50. The van der Waals surface area contributed by atoms with E-state index in [1.807, 2.05) is 0 Å². The molecular formula is C23H38N4O4. The molecule has 0 bridgehead atoms. The van der Waals surface area contributed by atoms with Crippen LogP contribution in [0.15, 0.2) is 0 Å². The summed E-state index contributed by atoms with van der Waals surface area (Å²) in [5.41, 5.74) is 6.18. The minimum absolute atomic E-state index is 0.0229. The zero-order valence-electron chi connectivity index (χ0n) is 19.1. The van der Waals surface area contributed by atoms with E-state index in [0.29, 0.717) is 25.9 Å². The van der Waals surface area contributed by atoms with Crippen molar-refractivity contribution in [3.63, 3.8) is 0 Å². The first-order chi connectivity index (χ1) is 14.7. The third kappa shape index (κ3) is 4.94. The van der Waals surface area contributed by atoms with Gasteiger partial charge < -0.3 is 21.3 Å². The number of Topliss-reactive ketones (excluding diaryl/α,β-unsaturated/α-hetero) is 1. The van der Waals surface area contributed by atoms with Crippen LogP contribution in [0.25, 0.3) is 0 Å². The van der Waals surface area contributed by atoms with E-state index < -0.39 is 29.8 Å². The van der Waals surface area contributed by atoms with Crippen LogP contribution in [-0.2, 0) is 19.2 Å². The standard InChI is InChI=1S/C23H38N4O4/c1-4-25-21(30)19(28)16-12-10-8-6-5-7-9-11-15(24)22(31)27-13-14-17(23(14,2)3)18(27)20(29)26-16/h14-18H,4-13,24H2,1-3H3,(H,25,30)(H,26,29)/t14-,15-,16-,17-,18-/m0/s1. The summed E-state index contributed by atoms with van der Waals surface area (Å²) in [6, 6.07) is -2.10. The van der Waals surface area contributed by atoms with Crippen LogP contribution in [-0.4, -0.2) is 59.6 Å². The van der Waals surface area contributed by atoms with Crippen LogP contribution in [0.1, 0.15) is 72.1 Å². The van der Waals surface area contributed by atoms with Gasteiger partial charge in [-0.2, -0.15) is 0 Å².